The summed E-state index contributed by atoms with van der Waals surface area (Å²) in [4.78, 5) is 11.8. The number of carbonyl (C=O) groups excluding carboxylic acids is 1. The highest BCUT2D eigenvalue weighted by Gasteiger charge is 2.31. The van der Waals surface area contributed by atoms with Gasteiger partial charge in [0.15, 0.2) is 11.6 Å². The van der Waals surface area contributed by atoms with Gasteiger partial charge in [0.1, 0.15) is 17.7 Å². The Morgan fingerprint density at radius 2 is 2.26 bits per heavy atom. The Labute approximate surface area is 110 Å². The second kappa shape index (κ2) is 5.11. The highest BCUT2D eigenvalue weighted by Crippen LogP contribution is 2.23. The van der Waals surface area contributed by atoms with Crippen LogP contribution in [0.15, 0.2) is 30.4 Å². The van der Waals surface area contributed by atoms with Crippen LogP contribution in [0.5, 0.6) is 5.75 Å². The molecule has 2 rings (SSSR count). The summed E-state index contributed by atoms with van der Waals surface area (Å²) in [6.45, 7) is 3.91. The maximum Gasteiger partial charge on any atom is 0.189 e. The number of hydrogen-bond donors (Lipinski definition) is 1. The number of hydrogen-bond acceptors (Lipinski definition) is 4. The Balaban J connectivity index is 2.07. The molecular weight excluding hydrogens is 251 g/mol. The number of aromatic hydroxyl groups is 1. The van der Waals surface area contributed by atoms with Crippen molar-refractivity contribution in [3.05, 3.63) is 41.7 Å². The van der Waals surface area contributed by atoms with E-state index in [9.17, 15) is 14.3 Å². The molecular formula is C14H15FO4. The van der Waals surface area contributed by atoms with Crippen molar-refractivity contribution >= 4 is 5.78 Å². The van der Waals surface area contributed by atoms with Gasteiger partial charge in [-0.2, -0.15) is 0 Å². The molecule has 0 aliphatic carbocycles. The van der Waals surface area contributed by atoms with Gasteiger partial charge in [-0.3, -0.25) is 4.79 Å². The summed E-state index contributed by atoms with van der Waals surface area (Å²) in [6.07, 6.45) is 2.47. The molecule has 0 radical (unpaired) electrons. The molecule has 1 heterocycles. The van der Waals surface area contributed by atoms with Crippen LogP contribution >= 0.6 is 0 Å². The van der Waals surface area contributed by atoms with Crippen LogP contribution in [0, 0.1) is 5.82 Å². The standard InChI is InChI=1S/C14H15FO4/c1-14(2)18-8-10(19-14)4-6-13(17)11-7-9(15)3-5-12(11)16/h3-7,10,16H,8H2,1-2H3/b6-4+/t10-/m1/s1. The van der Waals surface area contributed by atoms with E-state index >= 15 is 0 Å². The maximum atomic E-state index is 13.0. The van der Waals surface area contributed by atoms with E-state index in [4.69, 9.17) is 9.47 Å². The van der Waals surface area contributed by atoms with Crippen LogP contribution < -0.4 is 0 Å². The second-order valence-corrected chi connectivity index (χ2v) is 4.75. The lowest BCUT2D eigenvalue weighted by atomic mass is 10.1. The smallest absolute Gasteiger partial charge is 0.189 e. The number of phenols is 1. The van der Waals surface area contributed by atoms with Gasteiger partial charge >= 0.3 is 0 Å². The van der Waals surface area contributed by atoms with Gasteiger partial charge in [0.05, 0.1) is 12.2 Å². The first-order valence-corrected chi connectivity index (χ1v) is 5.90. The number of allylic oxidation sites excluding steroid dienone is 1. The first-order chi connectivity index (χ1) is 8.87. The number of ketones is 1. The lowest BCUT2D eigenvalue weighted by molar-refractivity contribution is -0.133. The van der Waals surface area contributed by atoms with Crippen LogP contribution in [0.4, 0.5) is 4.39 Å². The van der Waals surface area contributed by atoms with E-state index in [1.165, 1.54) is 6.08 Å². The van der Waals surface area contributed by atoms with Crippen LogP contribution in [0.1, 0.15) is 24.2 Å². The van der Waals surface area contributed by atoms with Crippen molar-refractivity contribution in [3.8, 4) is 5.75 Å². The Morgan fingerprint density at radius 1 is 1.53 bits per heavy atom. The van der Waals surface area contributed by atoms with Gasteiger partial charge < -0.3 is 14.6 Å². The van der Waals surface area contributed by atoms with Gasteiger partial charge in [0.25, 0.3) is 0 Å². The van der Waals surface area contributed by atoms with Crippen molar-refractivity contribution in [3.63, 3.8) is 0 Å². The maximum absolute atomic E-state index is 13.0. The van der Waals surface area contributed by atoms with Crippen molar-refractivity contribution in [1.29, 1.82) is 0 Å². The van der Waals surface area contributed by atoms with Crippen LogP contribution in [-0.2, 0) is 9.47 Å². The predicted octanol–water partition coefficient (Wildman–Crippen LogP) is 2.42. The van der Waals surface area contributed by atoms with Gasteiger partial charge in [0, 0.05) is 0 Å². The summed E-state index contributed by atoms with van der Waals surface area (Å²) in [7, 11) is 0. The molecule has 1 fully saturated rings. The fourth-order valence-electron chi connectivity index (χ4n) is 1.80. The molecule has 0 spiro atoms. The molecule has 1 atom stereocenters. The molecule has 0 bridgehead atoms. The largest absolute Gasteiger partial charge is 0.507 e. The van der Waals surface area contributed by atoms with Gasteiger partial charge in [-0.05, 0) is 44.2 Å². The first-order valence-electron chi connectivity index (χ1n) is 5.90. The van der Waals surface area contributed by atoms with Gasteiger partial charge in [0.2, 0.25) is 0 Å². The van der Waals surface area contributed by atoms with Crippen molar-refractivity contribution in [2.75, 3.05) is 6.61 Å². The Kier molecular flexibility index (Phi) is 3.68. The summed E-state index contributed by atoms with van der Waals surface area (Å²) in [5.41, 5.74) is -0.0746. The zero-order valence-corrected chi connectivity index (χ0v) is 10.7. The van der Waals surface area contributed by atoms with Crippen LogP contribution in [-0.4, -0.2) is 29.4 Å². The summed E-state index contributed by atoms with van der Waals surface area (Å²) in [5.74, 6) is -1.97. The summed E-state index contributed by atoms with van der Waals surface area (Å²) in [5, 5.41) is 9.50. The third kappa shape index (κ3) is 3.39. The monoisotopic (exact) mass is 266 g/mol. The number of rotatable bonds is 3. The third-order valence-corrected chi connectivity index (χ3v) is 2.72. The van der Waals surface area contributed by atoms with Crippen molar-refractivity contribution in [2.45, 2.75) is 25.7 Å². The summed E-state index contributed by atoms with van der Waals surface area (Å²) >= 11 is 0. The fraction of sp³-hybridized carbons (Fsp3) is 0.357. The van der Waals surface area contributed by atoms with E-state index < -0.39 is 17.4 Å². The fourth-order valence-corrected chi connectivity index (χ4v) is 1.80. The molecule has 1 N–H and O–H groups in total. The molecule has 5 heteroatoms. The topological polar surface area (TPSA) is 55.8 Å². The number of ether oxygens (including phenoxy) is 2. The normalized spacial score (nSPS) is 21.9. The Hall–Kier alpha value is -1.72. The third-order valence-electron chi connectivity index (χ3n) is 2.72. The zero-order chi connectivity index (χ0) is 14.0. The average molecular weight is 266 g/mol. The van der Waals surface area contributed by atoms with E-state index in [-0.39, 0.29) is 17.4 Å². The van der Waals surface area contributed by atoms with Gasteiger partial charge in [-0.25, -0.2) is 4.39 Å². The minimum atomic E-state index is -0.668. The van der Waals surface area contributed by atoms with Gasteiger partial charge in [-0.1, -0.05) is 0 Å². The molecule has 0 aromatic heterocycles. The lowest BCUT2D eigenvalue weighted by Gasteiger charge is -2.15. The minimum Gasteiger partial charge on any atom is -0.507 e. The number of halogens is 1. The molecule has 4 nitrogen and oxygen atoms in total. The molecule has 1 aliphatic heterocycles. The van der Waals surface area contributed by atoms with E-state index in [0.29, 0.717) is 6.61 Å². The molecule has 102 valence electrons. The van der Waals surface area contributed by atoms with E-state index in [1.54, 1.807) is 19.9 Å². The van der Waals surface area contributed by atoms with Crippen LogP contribution in [0.25, 0.3) is 0 Å². The minimum absolute atomic E-state index is 0.0746. The van der Waals surface area contributed by atoms with Crippen LogP contribution in [0.3, 0.4) is 0 Å². The second-order valence-electron chi connectivity index (χ2n) is 4.75. The number of carbonyl (C=O) groups is 1. The highest BCUT2D eigenvalue weighted by atomic mass is 19.1. The van der Waals surface area contributed by atoms with Crippen molar-refractivity contribution < 1.29 is 23.8 Å². The van der Waals surface area contributed by atoms with Crippen molar-refractivity contribution in [2.24, 2.45) is 0 Å². The molecule has 0 saturated carbocycles. The molecule has 1 aromatic carbocycles. The zero-order valence-electron chi connectivity index (χ0n) is 10.7. The highest BCUT2D eigenvalue weighted by molar-refractivity contribution is 6.06. The van der Waals surface area contributed by atoms with E-state index in [0.717, 1.165) is 18.2 Å². The molecule has 0 amide bonds. The molecule has 0 unspecified atom stereocenters. The van der Waals surface area contributed by atoms with E-state index in [2.05, 4.69) is 0 Å². The molecule has 1 saturated heterocycles. The summed E-state index contributed by atoms with van der Waals surface area (Å²) in [6, 6.07) is 3.24. The van der Waals surface area contributed by atoms with Crippen LogP contribution in [0.2, 0.25) is 0 Å². The lowest BCUT2D eigenvalue weighted by Crippen LogP contribution is -2.20. The SMILES string of the molecule is CC1(C)OC[C@@H](/C=C/C(=O)c2cc(F)ccc2O)O1. The predicted molar refractivity (Wildman–Crippen MR) is 66.4 cm³/mol. The quantitative estimate of drug-likeness (QED) is 0.674. The van der Waals surface area contributed by atoms with E-state index in [1.807, 2.05) is 0 Å². The molecule has 19 heavy (non-hydrogen) atoms. The van der Waals surface area contributed by atoms with Crippen molar-refractivity contribution in [1.82, 2.24) is 0 Å². The molecule has 1 aromatic rings. The summed E-state index contributed by atoms with van der Waals surface area (Å²) < 4.78 is 23.8. The van der Waals surface area contributed by atoms with Gasteiger partial charge in [-0.15, -0.1) is 0 Å². The number of phenolic OH excluding ortho intramolecular Hbond substituents is 1. The average Bonchev–Trinajstić information content (AvgIpc) is 2.69. The molecule has 1 aliphatic rings. The first kappa shape index (κ1) is 13.7. The Bertz CT molecular complexity index is 522. The number of benzene rings is 1. The Morgan fingerprint density at radius 3 is 2.89 bits per heavy atom.